The molecule has 0 radical (unpaired) electrons. The number of aliphatic hydroxyl groups is 1. The van der Waals surface area contributed by atoms with Crippen molar-refractivity contribution < 1.29 is 46.9 Å². The zero-order valence-electron chi connectivity index (χ0n) is 10.7. The van der Waals surface area contributed by atoms with Gasteiger partial charge < -0.3 is 5.11 Å². The minimum Gasteiger partial charge on any atom is -0.396 e. The predicted molar refractivity (Wildman–Crippen MR) is 67.5 cm³/mol. The Kier molecular flexibility index (Phi) is 48.2. The fourth-order valence-corrected chi connectivity index (χ4v) is 0.412. The van der Waals surface area contributed by atoms with Crippen LogP contribution in [0.3, 0.4) is 0 Å². The molecule has 0 saturated heterocycles. The van der Waals surface area contributed by atoms with Gasteiger partial charge in [0.05, 0.1) is 0 Å². The maximum atomic E-state index is 8.07. The molecule has 0 aromatic carbocycles. The minimum absolute atomic E-state index is 0. The van der Waals surface area contributed by atoms with E-state index in [1.54, 1.807) is 12.2 Å². The van der Waals surface area contributed by atoms with E-state index in [4.69, 9.17) is 5.11 Å². The van der Waals surface area contributed by atoms with Crippen molar-refractivity contribution >= 4 is 0 Å². The van der Waals surface area contributed by atoms with Crippen molar-refractivity contribution in [3.05, 3.63) is 37.0 Å². The van der Waals surface area contributed by atoms with Crippen LogP contribution in [0.2, 0.25) is 0 Å². The van der Waals surface area contributed by atoms with Gasteiger partial charge in [0.25, 0.3) is 0 Å². The first-order valence-electron chi connectivity index (χ1n) is 5.25. The molecule has 1 N–H and O–H groups in total. The van der Waals surface area contributed by atoms with E-state index in [1.807, 2.05) is 26.8 Å². The van der Waals surface area contributed by atoms with Crippen molar-refractivity contribution in [1.82, 2.24) is 0 Å². The number of unbranched alkanes of at least 4 members (excludes halogenated alkanes) is 1. The molecule has 0 aliphatic heterocycles. The zero-order chi connectivity index (χ0) is 11.8. The Morgan fingerprint density at radius 1 is 1.27 bits per heavy atom. The number of hydrogen-bond acceptors (Lipinski definition) is 1. The molecule has 0 atom stereocenters. The van der Waals surface area contributed by atoms with Crippen LogP contribution in [-0.4, -0.2) is 11.7 Å². The van der Waals surface area contributed by atoms with Crippen molar-refractivity contribution in [1.29, 1.82) is 0 Å². The van der Waals surface area contributed by atoms with E-state index in [-0.39, 0.29) is 41.7 Å². The second kappa shape index (κ2) is 29.3. The van der Waals surface area contributed by atoms with Gasteiger partial charge in [0.2, 0.25) is 0 Å². The van der Waals surface area contributed by atoms with Gasteiger partial charge in [0, 0.05) is 48.4 Å². The van der Waals surface area contributed by atoms with Gasteiger partial charge in [-0.1, -0.05) is 64.2 Å². The largest absolute Gasteiger partial charge is 0.396 e. The van der Waals surface area contributed by atoms with Gasteiger partial charge >= 0.3 is 0 Å². The van der Waals surface area contributed by atoms with E-state index < -0.39 is 0 Å². The van der Waals surface area contributed by atoms with Crippen LogP contribution in [0.25, 0.3) is 0 Å². The van der Waals surface area contributed by atoms with Crippen LogP contribution in [0, 0.1) is 41.7 Å². The summed E-state index contributed by atoms with van der Waals surface area (Å²) in [6.07, 6.45) is 7.49. The first kappa shape index (κ1) is 24.7. The molecule has 0 heterocycles. The van der Waals surface area contributed by atoms with Crippen LogP contribution < -0.4 is 0 Å². The molecule has 15 heavy (non-hydrogen) atoms. The molecule has 0 amide bonds. The monoisotopic (exact) mass is 338 g/mol. The standard InChI is InChI=1S/C7H10.C4H10O.C2H6.Ce/c1-4-6-7(3)5-2;1-2-3-4-5;1-2;/h4-6H,1-2H2,3H3;5H,2-4H2,1H3;1-2H3;/b7-6-;;;. The Hall–Kier alpha value is 0.557. The van der Waals surface area contributed by atoms with Gasteiger partial charge in [-0.25, -0.2) is 0 Å². The van der Waals surface area contributed by atoms with E-state index in [2.05, 4.69) is 20.1 Å². The van der Waals surface area contributed by atoms with Crippen LogP contribution >= 0.6 is 0 Å². The molecule has 0 bridgehead atoms. The molecular weight excluding hydrogens is 312 g/mol. The van der Waals surface area contributed by atoms with Crippen LogP contribution in [0.5, 0.6) is 0 Å². The van der Waals surface area contributed by atoms with Gasteiger partial charge in [0.15, 0.2) is 0 Å². The quantitative estimate of drug-likeness (QED) is 0.765. The average Bonchev–Trinajstić information content (AvgIpc) is 2.23. The fourth-order valence-electron chi connectivity index (χ4n) is 0.412. The second-order valence-corrected chi connectivity index (χ2v) is 2.43. The topological polar surface area (TPSA) is 20.2 Å². The third-order valence-electron chi connectivity index (χ3n) is 1.21. The molecule has 0 aliphatic carbocycles. The maximum absolute atomic E-state index is 8.07. The third kappa shape index (κ3) is 40.2. The Balaban J connectivity index is -0.0000000675. The van der Waals surface area contributed by atoms with Gasteiger partial charge in [-0.05, 0) is 13.3 Å². The minimum atomic E-state index is 0. The van der Waals surface area contributed by atoms with Crippen LogP contribution in [0.15, 0.2) is 37.0 Å². The van der Waals surface area contributed by atoms with E-state index in [9.17, 15) is 0 Å². The third-order valence-corrected chi connectivity index (χ3v) is 1.21. The van der Waals surface area contributed by atoms with Crippen molar-refractivity contribution in [3.63, 3.8) is 0 Å². The van der Waals surface area contributed by atoms with Gasteiger partial charge in [-0.15, -0.1) is 0 Å². The van der Waals surface area contributed by atoms with Crippen molar-refractivity contribution in [2.45, 2.75) is 40.5 Å². The molecule has 0 aliphatic rings. The summed E-state index contributed by atoms with van der Waals surface area (Å²) in [6, 6.07) is 0. The second-order valence-electron chi connectivity index (χ2n) is 2.43. The molecule has 0 spiro atoms. The van der Waals surface area contributed by atoms with E-state index >= 15 is 0 Å². The summed E-state index contributed by atoms with van der Waals surface area (Å²) in [5.74, 6) is 0. The summed E-state index contributed by atoms with van der Waals surface area (Å²) < 4.78 is 0. The van der Waals surface area contributed by atoms with Crippen LogP contribution in [-0.2, 0) is 0 Å². The average molecular weight is 338 g/mol. The summed E-state index contributed by atoms with van der Waals surface area (Å²) in [5.41, 5.74) is 1.15. The molecule has 0 fully saturated rings. The van der Waals surface area contributed by atoms with E-state index in [0.717, 1.165) is 18.4 Å². The molecule has 0 unspecified atom stereocenters. The number of hydrogen-bond donors (Lipinski definition) is 1. The van der Waals surface area contributed by atoms with Crippen LogP contribution in [0.1, 0.15) is 40.5 Å². The molecule has 2 heteroatoms. The molecule has 0 saturated carbocycles. The SMILES string of the molecule is C=C/C=C(/C)C=C.CC.CCCCO.[Ce]. The fraction of sp³-hybridized carbons (Fsp3) is 0.538. The number of aliphatic hydroxyl groups excluding tert-OH is 1. The zero-order valence-corrected chi connectivity index (χ0v) is 13.9. The number of allylic oxidation sites excluding steroid dienone is 4. The Labute approximate surface area is 130 Å². The van der Waals surface area contributed by atoms with Crippen molar-refractivity contribution in [2.75, 3.05) is 6.61 Å². The summed E-state index contributed by atoms with van der Waals surface area (Å²) in [5, 5.41) is 8.07. The molecule has 1 nitrogen and oxygen atoms in total. The number of rotatable bonds is 4. The molecule has 88 valence electrons. The normalized spacial score (nSPS) is 8.20. The first-order valence-corrected chi connectivity index (χ1v) is 5.25. The van der Waals surface area contributed by atoms with Crippen LogP contribution in [0.4, 0.5) is 0 Å². The maximum Gasteiger partial charge on any atom is 0.0430 e. The molecule has 0 aromatic heterocycles. The summed E-state index contributed by atoms with van der Waals surface area (Å²) in [4.78, 5) is 0. The van der Waals surface area contributed by atoms with Gasteiger partial charge in [-0.2, -0.15) is 0 Å². The summed E-state index contributed by atoms with van der Waals surface area (Å²) in [7, 11) is 0. The molecule has 0 rings (SSSR count). The summed E-state index contributed by atoms with van der Waals surface area (Å²) in [6.45, 7) is 15.5. The first-order chi connectivity index (χ1) is 6.72. The molecular formula is C13H26CeO. The van der Waals surface area contributed by atoms with Crippen molar-refractivity contribution in [3.8, 4) is 0 Å². The van der Waals surface area contributed by atoms with Gasteiger partial charge in [0.1, 0.15) is 0 Å². The smallest absolute Gasteiger partial charge is 0.0430 e. The Morgan fingerprint density at radius 2 is 1.73 bits per heavy atom. The molecule has 0 aromatic rings. The van der Waals surface area contributed by atoms with Gasteiger partial charge in [-0.3, -0.25) is 0 Å². The van der Waals surface area contributed by atoms with E-state index in [0.29, 0.717) is 6.61 Å². The predicted octanol–water partition coefficient (Wildman–Crippen LogP) is 4.11. The Morgan fingerprint density at radius 3 is 1.80 bits per heavy atom. The summed E-state index contributed by atoms with van der Waals surface area (Å²) >= 11 is 0. The van der Waals surface area contributed by atoms with E-state index in [1.165, 1.54) is 0 Å². The van der Waals surface area contributed by atoms with Crippen molar-refractivity contribution in [2.24, 2.45) is 0 Å². The Bertz CT molecular complexity index is 137.